The van der Waals surface area contributed by atoms with E-state index in [1.807, 2.05) is 24.3 Å². The van der Waals surface area contributed by atoms with E-state index in [0.29, 0.717) is 6.61 Å². The van der Waals surface area contributed by atoms with E-state index in [4.69, 9.17) is 4.74 Å². The predicted molar refractivity (Wildman–Crippen MR) is 28.5 cm³/mol. The molecule has 0 aliphatic carbocycles. The summed E-state index contributed by atoms with van der Waals surface area (Å²) in [6, 6.07) is 0. The molecule has 0 saturated carbocycles. The van der Waals surface area contributed by atoms with Gasteiger partial charge >= 0.3 is 0 Å². The highest BCUT2D eigenvalue weighted by atomic mass is 16.5. The average molecular weight is 95.1 g/mol. The molecule has 1 heterocycles. The van der Waals surface area contributed by atoms with Crippen LogP contribution in [-0.4, -0.2) is 6.61 Å². The van der Waals surface area contributed by atoms with Crippen LogP contribution in [0.15, 0.2) is 24.3 Å². The third-order valence-corrected chi connectivity index (χ3v) is 0.726. The Labute approximate surface area is 43.3 Å². The fourth-order valence-electron chi connectivity index (χ4n) is 0.410. The van der Waals surface area contributed by atoms with Crippen LogP contribution in [0.1, 0.15) is 0 Å². The highest BCUT2D eigenvalue weighted by Crippen LogP contribution is 1.90. The second-order valence-corrected chi connectivity index (χ2v) is 1.28. The van der Waals surface area contributed by atoms with Crippen molar-refractivity contribution in [3.8, 4) is 0 Å². The summed E-state index contributed by atoms with van der Waals surface area (Å²) in [5.74, 6) is 0. The molecule has 37 valence electrons. The van der Waals surface area contributed by atoms with Crippen LogP contribution < -0.4 is 0 Å². The lowest BCUT2D eigenvalue weighted by Crippen LogP contribution is -1.80. The molecule has 1 nitrogen and oxygen atoms in total. The highest BCUT2D eigenvalue weighted by molar-refractivity contribution is 5.07. The second-order valence-electron chi connectivity index (χ2n) is 1.28. The molecule has 0 fully saturated rings. The summed E-state index contributed by atoms with van der Waals surface area (Å²) in [6.45, 7) is 2.38. The molecule has 1 heteroatoms. The van der Waals surface area contributed by atoms with E-state index in [1.54, 1.807) is 6.61 Å². The van der Waals surface area contributed by atoms with Gasteiger partial charge in [-0.05, 0) is 0 Å². The van der Waals surface area contributed by atoms with Crippen molar-refractivity contribution in [3.05, 3.63) is 30.9 Å². The van der Waals surface area contributed by atoms with Gasteiger partial charge in [0.05, 0.1) is 6.61 Å². The number of hydrogen-bond acceptors (Lipinski definition) is 1. The zero-order valence-electron chi connectivity index (χ0n) is 4.00. The molecule has 1 rings (SSSR count). The van der Waals surface area contributed by atoms with Crippen molar-refractivity contribution >= 4 is 0 Å². The largest absolute Gasteiger partial charge is 0.367 e. The summed E-state index contributed by atoms with van der Waals surface area (Å²) in [6.07, 6.45) is 7.72. The Balaban J connectivity index is 2.39. The van der Waals surface area contributed by atoms with Crippen LogP contribution >= 0.6 is 0 Å². The predicted octanol–water partition coefficient (Wildman–Crippen LogP) is 1.29. The fraction of sp³-hybridized carbons (Fsp3) is 0.167. The van der Waals surface area contributed by atoms with Crippen molar-refractivity contribution in [2.24, 2.45) is 0 Å². The maximum absolute atomic E-state index is 4.90. The van der Waals surface area contributed by atoms with Gasteiger partial charge in [-0.25, -0.2) is 0 Å². The summed E-state index contributed by atoms with van der Waals surface area (Å²) in [5.41, 5.74) is 0. The topological polar surface area (TPSA) is 9.23 Å². The van der Waals surface area contributed by atoms with Crippen LogP contribution in [0.25, 0.3) is 0 Å². The third-order valence-electron chi connectivity index (χ3n) is 0.726. The summed E-state index contributed by atoms with van der Waals surface area (Å²) in [5, 5.41) is 0. The molecule has 0 saturated heterocycles. The fourth-order valence-corrected chi connectivity index (χ4v) is 0.410. The summed E-state index contributed by atoms with van der Waals surface area (Å²) in [7, 11) is 0. The van der Waals surface area contributed by atoms with Gasteiger partial charge in [-0.2, -0.15) is 0 Å². The SMILES string of the molecule is [CH]1C=CC=CCO1. The Morgan fingerprint density at radius 1 is 1.14 bits per heavy atom. The smallest absolute Gasteiger partial charge is 0.106 e. The minimum absolute atomic E-state index is 0.701. The Morgan fingerprint density at radius 3 is 3.14 bits per heavy atom. The van der Waals surface area contributed by atoms with E-state index in [2.05, 4.69) is 0 Å². The Bertz CT molecular complexity index is 80.4. The van der Waals surface area contributed by atoms with Gasteiger partial charge in [-0.1, -0.05) is 24.3 Å². The maximum atomic E-state index is 4.90. The molecule has 1 aliphatic rings. The van der Waals surface area contributed by atoms with E-state index < -0.39 is 0 Å². The lowest BCUT2D eigenvalue weighted by atomic mass is 10.5. The van der Waals surface area contributed by atoms with Gasteiger partial charge in [0.2, 0.25) is 0 Å². The first kappa shape index (κ1) is 4.60. The van der Waals surface area contributed by atoms with Crippen LogP contribution in [0, 0.1) is 6.61 Å². The molecular formula is C6H7O. The molecule has 0 bridgehead atoms. The van der Waals surface area contributed by atoms with Gasteiger partial charge in [0.1, 0.15) is 6.61 Å². The molecule has 0 aromatic carbocycles. The molecule has 0 spiro atoms. The molecule has 0 aromatic heterocycles. The van der Waals surface area contributed by atoms with E-state index in [1.165, 1.54) is 0 Å². The minimum atomic E-state index is 0.701. The third kappa shape index (κ3) is 1.55. The molecular weight excluding hydrogens is 88.1 g/mol. The molecule has 0 N–H and O–H groups in total. The van der Waals surface area contributed by atoms with Gasteiger partial charge in [-0.3, -0.25) is 0 Å². The van der Waals surface area contributed by atoms with Crippen molar-refractivity contribution in [1.29, 1.82) is 0 Å². The molecule has 0 aromatic rings. The number of hydrogen-bond donors (Lipinski definition) is 0. The Morgan fingerprint density at radius 2 is 2.14 bits per heavy atom. The molecule has 7 heavy (non-hydrogen) atoms. The second kappa shape index (κ2) is 2.59. The van der Waals surface area contributed by atoms with Gasteiger partial charge in [0.25, 0.3) is 0 Å². The van der Waals surface area contributed by atoms with E-state index in [9.17, 15) is 0 Å². The van der Waals surface area contributed by atoms with Gasteiger partial charge in [0, 0.05) is 0 Å². The Kier molecular flexibility index (Phi) is 1.70. The number of rotatable bonds is 0. The summed E-state index contributed by atoms with van der Waals surface area (Å²) in [4.78, 5) is 0. The number of ether oxygens (including phenoxy) is 1. The first-order valence-corrected chi connectivity index (χ1v) is 2.27. The molecule has 1 aliphatic heterocycles. The van der Waals surface area contributed by atoms with Gasteiger partial charge in [0.15, 0.2) is 0 Å². The van der Waals surface area contributed by atoms with E-state index >= 15 is 0 Å². The van der Waals surface area contributed by atoms with Crippen LogP contribution in [0.4, 0.5) is 0 Å². The van der Waals surface area contributed by atoms with Crippen molar-refractivity contribution in [3.63, 3.8) is 0 Å². The van der Waals surface area contributed by atoms with Crippen LogP contribution in [0.5, 0.6) is 0 Å². The lowest BCUT2D eigenvalue weighted by molar-refractivity contribution is 0.253. The monoisotopic (exact) mass is 95.0 g/mol. The molecule has 0 unspecified atom stereocenters. The Hall–Kier alpha value is -0.560. The minimum Gasteiger partial charge on any atom is -0.367 e. The summed E-state index contributed by atoms with van der Waals surface area (Å²) >= 11 is 0. The first-order valence-electron chi connectivity index (χ1n) is 2.27. The van der Waals surface area contributed by atoms with E-state index in [-0.39, 0.29) is 0 Å². The van der Waals surface area contributed by atoms with Gasteiger partial charge in [-0.15, -0.1) is 0 Å². The lowest BCUT2D eigenvalue weighted by Gasteiger charge is -1.86. The molecule has 1 radical (unpaired) electrons. The van der Waals surface area contributed by atoms with Crippen LogP contribution in [0.2, 0.25) is 0 Å². The standard InChI is InChI=1S/C6H7O/c1-2-4-6-7-5-3-1/h1-5H,6H2. The average Bonchev–Trinajstić information content (AvgIpc) is 1.90. The van der Waals surface area contributed by atoms with Crippen molar-refractivity contribution in [1.82, 2.24) is 0 Å². The quantitative estimate of drug-likeness (QED) is 0.440. The highest BCUT2D eigenvalue weighted by Gasteiger charge is 1.80. The number of allylic oxidation sites excluding steroid dienone is 2. The van der Waals surface area contributed by atoms with Crippen molar-refractivity contribution in [2.75, 3.05) is 6.61 Å². The zero-order chi connectivity index (χ0) is 4.95. The first-order chi connectivity index (χ1) is 3.50. The molecule has 0 amide bonds. The van der Waals surface area contributed by atoms with E-state index in [0.717, 1.165) is 0 Å². The van der Waals surface area contributed by atoms with Crippen molar-refractivity contribution < 1.29 is 4.74 Å². The van der Waals surface area contributed by atoms with Crippen molar-refractivity contribution in [2.45, 2.75) is 0 Å². The normalized spacial score (nSPS) is 19.4. The summed E-state index contributed by atoms with van der Waals surface area (Å²) < 4.78 is 4.90. The zero-order valence-corrected chi connectivity index (χ0v) is 4.00. The van der Waals surface area contributed by atoms with Crippen LogP contribution in [-0.2, 0) is 4.74 Å². The molecule has 0 atom stereocenters. The van der Waals surface area contributed by atoms with Gasteiger partial charge < -0.3 is 4.74 Å². The maximum Gasteiger partial charge on any atom is 0.106 e. The van der Waals surface area contributed by atoms with Crippen LogP contribution in [0.3, 0.4) is 0 Å².